The molecule has 0 aliphatic heterocycles. The van der Waals surface area contributed by atoms with Crippen LogP contribution in [0.1, 0.15) is 30.3 Å². The van der Waals surface area contributed by atoms with Crippen LogP contribution in [0.4, 0.5) is 0 Å². The summed E-state index contributed by atoms with van der Waals surface area (Å²) < 4.78 is 1.88. The van der Waals surface area contributed by atoms with Crippen LogP contribution in [0.5, 0.6) is 0 Å². The van der Waals surface area contributed by atoms with E-state index in [1.54, 1.807) is 0 Å². The van der Waals surface area contributed by atoms with Crippen molar-refractivity contribution in [2.24, 2.45) is 0 Å². The van der Waals surface area contributed by atoms with Crippen molar-refractivity contribution in [1.82, 2.24) is 14.6 Å². The van der Waals surface area contributed by atoms with E-state index in [9.17, 15) is 0 Å². The van der Waals surface area contributed by atoms with Gasteiger partial charge in [0.2, 0.25) is 0 Å². The summed E-state index contributed by atoms with van der Waals surface area (Å²) in [5, 5.41) is 4.50. The SMILES string of the molecule is CCCc1cc(C)c2nc(C)cn2n1. The Kier molecular flexibility index (Phi) is 2.23. The van der Waals surface area contributed by atoms with Gasteiger partial charge in [0.15, 0.2) is 5.65 Å². The van der Waals surface area contributed by atoms with Crippen LogP contribution in [0, 0.1) is 13.8 Å². The molecule has 2 aromatic heterocycles. The molecular weight excluding hydrogens is 174 g/mol. The zero-order chi connectivity index (χ0) is 10.1. The molecule has 0 bridgehead atoms. The molecule has 0 aliphatic rings. The summed E-state index contributed by atoms with van der Waals surface area (Å²) >= 11 is 0. The second-order valence-corrected chi connectivity index (χ2v) is 3.72. The molecule has 14 heavy (non-hydrogen) atoms. The first kappa shape index (κ1) is 9.19. The number of hydrogen-bond acceptors (Lipinski definition) is 2. The van der Waals surface area contributed by atoms with E-state index in [0.717, 1.165) is 29.9 Å². The molecule has 0 radical (unpaired) electrons. The molecule has 0 aromatic carbocycles. The van der Waals surface area contributed by atoms with Crippen LogP contribution < -0.4 is 0 Å². The van der Waals surface area contributed by atoms with E-state index in [2.05, 4.69) is 30.0 Å². The maximum absolute atomic E-state index is 4.50. The summed E-state index contributed by atoms with van der Waals surface area (Å²) in [6.07, 6.45) is 4.14. The molecule has 0 unspecified atom stereocenters. The fourth-order valence-corrected chi connectivity index (χ4v) is 1.69. The zero-order valence-electron chi connectivity index (χ0n) is 8.91. The standard InChI is InChI=1S/C11H15N3/c1-4-5-10-6-8(2)11-12-9(3)7-14(11)13-10/h6-7H,4-5H2,1-3H3. The van der Waals surface area contributed by atoms with Crippen LogP contribution in [0.3, 0.4) is 0 Å². The first-order chi connectivity index (χ1) is 6.70. The van der Waals surface area contributed by atoms with Gasteiger partial charge in [-0.3, -0.25) is 0 Å². The molecule has 2 aromatic rings. The summed E-state index contributed by atoms with van der Waals surface area (Å²) in [5.41, 5.74) is 4.35. The molecule has 2 rings (SSSR count). The highest BCUT2D eigenvalue weighted by Crippen LogP contribution is 2.11. The highest BCUT2D eigenvalue weighted by atomic mass is 15.2. The minimum absolute atomic E-state index is 0.974. The van der Waals surface area contributed by atoms with E-state index in [4.69, 9.17) is 0 Å². The second-order valence-electron chi connectivity index (χ2n) is 3.72. The predicted octanol–water partition coefficient (Wildman–Crippen LogP) is 2.30. The fourth-order valence-electron chi connectivity index (χ4n) is 1.69. The van der Waals surface area contributed by atoms with Crippen molar-refractivity contribution in [3.63, 3.8) is 0 Å². The van der Waals surface area contributed by atoms with E-state index in [0.29, 0.717) is 0 Å². The van der Waals surface area contributed by atoms with Crippen molar-refractivity contribution >= 4 is 5.65 Å². The van der Waals surface area contributed by atoms with Gasteiger partial charge in [-0.05, 0) is 31.9 Å². The number of aromatic nitrogens is 3. The smallest absolute Gasteiger partial charge is 0.156 e. The third-order valence-corrected chi connectivity index (χ3v) is 2.29. The summed E-state index contributed by atoms with van der Waals surface area (Å²) in [6.45, 7) is 6.25. The van der Waals surface area contributed by atoms with Gasteiger partial charge in [-0.2, -0.15) is 5.10 Å². The highest BCUT2D eigenvalue weighted by Gasteiger charge is 2.04. The van der Waals surface area contributed by atoms with E-state index >= 15 is 0 Å². The number of hydrogen-bond donors (Lipinski definition) is 0. The monoisotopic (exact) mass is 189 g/mol. The lowest BCUT2D eigenvalue weighted by molar-refractivity contribution is 0.805. The number of aryl methyl sites for hydroxylation is 3. The quantitative estimate of drug-likeness (QED) is 0.725. The molecule has 74 valence electrons. The zero-order valence-corrected chi connectivity index (χ0v) is 8.91. The number of imidazole rings is 1. The van der Waals surface area contributed by atoms with Crippen LogP contribution in [-0.2, 0) is 6.42 Å². The third-order valence-electron chi connectivity index (χ3n) is 2.29. The van der Waals surface area contributed by atoms with E-state index in [1.807, 2.05) is 17.6 Å². The summed E-state index contributed by atoms with van der Waals surface area (Å²) in [7, 11) is 0. The first-order valence-electron chi connectivity index (χ1n) is 5.03. The fraction of sp³-hybridized carbons (Fsp3) is 0.455. The Balaban J connectivity index is 2.59. The minimum atomic E-state index is 0.974. The number of fused-ring (bicyclic) bond motifs is 1. The van der Waals surface area contributed by atoms with Crippen molar-refractivity contribution in [2.45, 2.75) is 33.6 Å². The van der Waals surface area contributed by atoms with Gasteiger partial charge in [0.05, 0.1) is 17.6 Å². The summed E-state index contributed by atoms with van der Waals surface area (Å²) in [5.74, 6) is 0. The van der Waals surface area contributed by atoms with Crippen molar-refractivity contribution in [2.75, 3.05) is 0 Å². The molecular formula is C11H15N3. The van der Waals surface area contributed by atoms with E-state index in [1.165, 1.54) is 5.56 Å². The van der Waals surface area contributed by atoms with Gasteiger partial charge in [-0.15, -0.1) is 0 Å². The van der Waals surface area contributed by atoms with Gasteiger partial charge < -0.3 is 0 Å². The lowest BCUT2D eigenvalue weighted by atomic mass is 10.2. The lowest BCUT2D eigenvalue weighted by Gasteiger charge is -2.01. The molecule has 3 nitrogen and oxygen atoms in total. The molecule has 0 amide bonds. The molecule has 0 spiro atoms. The van der Waals surface area contributed by atoms with Crippen LogP contribution in [0.2, 0.25) is 0 Å². The molecule has 0 aliphatic carbocycles. The van der Waals surface area contributed by atoms with Crippen molar-refractivity contribution < 1.29 is 0 Å². The Morgan fingerprint density at radius 2 is 2.14 bits per heavy atom. The lowest BCUT2D eigenvalue weighted by Crippen LogP contribution is -1.99. The second kappa shape index (κ2) is 3.40. The van der Waals surface area contributed by atoms with Gasteiger partial charge in [0.1, 0.15) is 0 Å². The van der Waals surface area contributed by atoms with Crippen molar-refractivity contribution in [3.8, 4) is 0 Å². The topological polar surface area (TPSA) is 30.2 Å². The molecule has 0 atom stereocenters. The molecule has 2 heterocycles. The maximum Gasteiger partial charge on any atom is 0.156 e. The first-order valence-corrected chi connectivity index (χ1v) is 5.03. The Morgan fingerprint density at radius 1 is 1.36 bits per heavy atom. The minimum Gasteiger partial charge on any atom is -0.232 e. The normalized spacial score (nSPS) is 11.1. The molecule has 0 fully saturated rings. The number of nitrogens with zero attached hydrogens (tertiary/aromatic N) is 3. The van der Waals surface area contributed by atoms with Crippen molar-refractivity contribution in [1.29, 1.82) is 0 Å². The van der Waals surface area contributed by atoms with Gasteiger partial charge in [-0.1, -0.05) is 13.3 Å². The third kappa shape index (κ3) is 1.50. The summed E-state index contributed by atoms with van der Waals surface area (Å²) in [6, 6.07) is 2.13. The maximum atomic E-state index is 4.50. The largest absolute Gasteiger partial charge is 0.232 e. The Hall–Kier alpha value is -1.38. The van der Waals surface area contributed by atoms with Gasteiger partial charge in [0.25, 0.3) is 0 Å². The van der Waals surface area contributed by atoms with E-state index < -0.39 is 0 Å². The molecule has 0 N–H and O–H groups in total. The van der Waals surface area contributed by atoms with Crippen LogP contribution in [-0.4, -0.2) is 14.6 Å². The Labute approximate surface area is 83.8 Å². The van der Waals surface area contributed by atoms with Crippen LogP contribution in [0.15, 0.2) is 12.3 Å². The Bertz CT molecular complexity index is 457. The van der Waals surface area contributed by atoms with Gasteiger partial charge in [0, 0.05) is 0 Å². The van der Waals surface area contributed by atoms with Gasteiger partial charge in [-0.25, -0.2) is 9.50 Å². The van der Waals surface area contributed by atoms with Crippen LogP contribution >= 0.6 is 0 Å². The molecule has 0 saturated heterocycles. The van der Waals surface area contributed by atoms with Gasteiger partial charge >= 0.3 is 0 Å². The van der Waals surface area contributed by atoms with Crippen molar-refractivity contribution in [3.05, 3.63) is 29.2 Å². The molecule has 0 saturated carbocycles. The van der Waals surface area contributed by atoms with Crippen LogP contribution in [0.25, 0.3) is 5.65 Å². The predicted molar refractivity (Wildman–Crippen MR) is 56.5 cm³/mol. The van der Waals surface area contributed by atoms with E-state index in [-0.39, 0.29) is 0 Å². The molecule has 3 heteroatoms. The Morgan fingerprint density at radius 3 is 2.86 bits per heavy atom. The average molecular weight is 189 g/mol. The highest BCUT2D eigenvalue weighted by molar-refractivity contribution is 5.47. The summed E-state index contributed by atoms with van der Waals surface area (Å²) in [4.78, 5) is 4.41. The number of rotatable bonds is 2. The average Bonchev–Trinajstić information content (AvgIpc) is 2.47.